The van der Waals surface area contributed by atoms with Gasteiger partial charge in [0.25, 0.3) is 5.24 Å². The van der Waals surface area contributed by atoms with E-state index >= 15 is 0 Å². The average Bonchev–Trinajstić information content (AvgIpc) is 3.09. The molecule has 1 aromatic carbocycles. The SMILES string of the molecule is O=C(Cl)c1ccc(Br)cc1C1=CCC2(CC1)CC2. The van der Waals surface area contributed by atoms with Gasteiger partial charge in [0, 0.05) is 10.0 Å². The average molecular weight is 326 g/mol. The lowest BCUT2D eigenvalue weighted by atomic mass is 9.83. The molecule has 94 valence electrons. The maximum absolute atomic E-state index is 11.5. The first-order chi connectivity index (χ1) is 8.60. The normalized spacial score (nSPS) is 20.7. The molecule has 0 saturated heterocycles. The van der Waals surface area contributed by atoms with E-state index in [2.05, 4.69) is 22.0 Å². The molecule has 0 atom stereocenters. The molecule has 0 bridgehead atoms. The molecular formula is C15H14BrClO. The minimum Gasteiger partial charge on any atom is -0.276 e. The highest BCUT2D eigenvalue weighted by Crippen LogP contribution is 2.56. The molecule has 0 N–H and O–H groups in total. The van der Waals surface area contributed by atoms with Gasteiger partial charge in [0.1, 0.15) is 0 Å². The molecule has 3 heteroatoms. The predicted molar refractivity (Wildman–Crippen MR) is 77.8 cm³/mol. The summed E-state index contributed by atoms with van der Waals surface area (Å²) in [5.74, 6) is 0. The lowest BCUT2D eigenvalue weighted by molar-refractivity contribution is 0.108. The zero-order valence-corrected chi connectivity index (χ0v) is 12.4. The maximum atomic E-state index is 11.5. The van der Waals surface area contributed by atoms with Gasteiger partial charge in [0.2, 0.25) is 0 Å². The fourth-order valence-electron chi connectivity index (χ4n) is 2.77. The Kier molecular flexibility index (Phi) is 3.11. The molecular weight excluding hydrogens is 312 g/mol. The summed E-state index contributed by atoms with van der Waals surface area (Å²) in [6, 6.07) is 5.67. The fraction of sp³-hybridized carbons (Fsp3) is 0.400. The van der Waals surface area contributed by atoms with Crippen LogP contribution in [0.3, 0.4) is 0 Å². The van der Waals surface area contributed by atoms with Gasteiger partial charge in [0.15, 0.2) is 0 Å². The van der Waals surface area contributed by atoms with Crippen molar-refractivity contribution in [2.24, 2.45) is 5.41 Å². The largest absolute Gasteiger partial charge is 0.276 e. The molecule has 2 aliphatic rings. The van der Waals surface area contributed by atoms with Crippen molar-refractivity contribution in [1.82, 2.24) is 0 Å². The maximum Gasteiger partial charge on any atom is 0.253 e. The number of halogens is 2. The second-order valence-electron chi connectivity index (χ2n) is 5.40. The zero-order valence-electron chi connectivity index (χ0n) is 10.0. The van der Waals surface area contributed by atoms with Crippen molar-refractivity contribution in [2.45, 2.75) is 32.1 Å². The van der Waals surface area contributed by atoms with Gasteiger partial charge < -0.3 is 0 Å². The molecule has 0 radical (unpaired) electrons. The highest BCUT2D eigenvalue weighted by Gasteiger charge is 2.42. The molecule has 0 unspecified atom stereocenters. The Bertz CT molecular complexity index is 543. The van der Waals surface area contributed by atoms with Crippen molar-refractivity contribution in [3.05, 3.63) is 39.9 Å². The van der Waals surface area contributed by atoms with Gasteiger partial charge in [0.05, 0.1) is 0 Å². The molecule has 3 rings (SSSR count). The van der Waals surface area contributed by atoms with Crippen LogP contribution in [-0.4, -0.2) is 5.24 Å². The van der Waals surface area contributed by atoms with Crippen LogP contribution in [0.5, 0.6) is 0 Å². The first-order valence-electron chi connectivity index (χ1n) is 6.28. The smallest absolute Gasteiger partial charge is 0.253 e. The number of allylic oxidation sites excluding steroid dienone is 2. The number of hydrogen-bond acceptors (Lipinski definition) is 1. The van der Waals surface area contributed by atoms with Gasteiger partial charge in [-0.05, 0) is 78.5 Å². The molecule has 0 aliphatic heterocycles. The molecule has 0 amide bonds. The third kappa shape index (κ3) is 2.28. The summed E-state index contributed by atoms with van der Waals surface area (Å²) in [7, 11) is 0. The Balaban J connectivity index is 1.98. The molecule has 1 aromatic rings. The van der Waals surface area contributed by atoms with Crippen molar-refractivity contribution in [3.8, 4) is 0 Å². The molecule has 1 spiro atoms. The number of carbonyl (C=O) groups is 1. The van der Waals surface area contributed by atoms with E-state index in [0.29, 0.717) is 11.0 Å². The van der Waals surface area contributed by atoms with Crippen LogP contribution >= 0.6 is 27.5 Å². The summed E-state index contributed by atoms with van der Waals surface area (Å²) in [5.41, 5.74) is 3.51. The van der Waals surface area contributed by atoms with Gasteiger partial charge in [-0.2, -0.15) is 0 Å². The van der Waals surface area contributed by atoms with Crippen LogP contribution in [0.1, 0.15) is 48.0 Å². The quantitative estimate of drug-likeness (QED) is 0.685. The Morgan fingerprint density at radius 2 is 2.06 bits per heavy atom. The van der Waals surface area contributed by atoms with Gasteiger partial charge in [-0.3, -0.25) is 4.79 Å². The number of carbonyl (C=O) groups excluding carboxylic acids is 1. The highest BCUT2D eigenvalue weighted by molar-refractivity contribution is 9.10. The zero-order chi connectivity index (χ0) is 12.8. The first-order valence-corrected chi connectivity index (χ1v) is 7.46. The van der Waals surface area contributed by atoms with Crippen LogP contribution in [-0.2, 0) is 0 Å². The second kappa shape index (κ2) is 4.50. The van der Waals surface area contributed by atoms with E-state index in [1.54, 1.807) is 6.07 Å². The second-order valence-corrected chi connectivity index (χ2v) is 6.66. The monoisotopic (exact) mass is 324 g/mol. The van der Waals surface area contributed by atoms with Crippen molar-refractivity contribution in [3.63, 3.8) is 0 Å². The highest BCUT2D eigenvalue weighted by atomic mass is 79.9. The van der Waals surface area contributed by atoms with Crippen LogP contribution in [0.2, 0.25) is 0 Å². The molecule has 0 heterocycles. The van der Waals surface area contributed by atoms with Crippen LogP contribution in [0, 0.1) is 5.41 Å². The van der Waals surface area contributed by atoms with Crippen LogP contribution in [0.25, 0.3) is 5.57 Å². The van der Waals surface area contributed by atoms with Crippen molar-refractivity contribution < 1.29 is 4.79 Å². The third-order valence-corrected chi connectivity index (χ3v) is 4.90. The van der Waals surface area contributed by atoms with E-state index in [-0.39, 0.29) is 5.24 Å². The van der Waals surface area contributed by atoms with E-state index in [0.717, 1.165) is 22.9 Å². The van der Waals surface area contributed by atoms with E-state index in [9.17, 15) is 4.79 Å². The number of rotatable bonds is 2. The van der Waals surface area contributed by atoms with E-state index in [1.807, 2.05) is 12.1 Å². The van der Waals surface area contributed by atoms with Crippen molar-refractivity contribution in [1.29, 1.82) is 0 Å². The Morgan fingerprint density at radius 1 is 1.28 bits per heavy atom. The van der Waals surface area contributed by atoms with Crippen LogP contribution in [0.4, 0.5) is 0 Å². The van der Waals surface area contributed by atoms with Crippen molar-refractivity contribution in [2.75, 3.05) is 0 Å². The van der Waals surface area contributed by atoms with E-state index in [1.165, 1.54) is 24.8 Å². The lowest BCUT2D eigenvalue weighted by Gasteiger charge is -2.22. The van der Waals surface area contributed by atoms with Crippen LogP contribution < -0.4 is 0 Å². The number of hydrogen-bond donors (Lipinski definition) is 0. The van der Waals surface area contributed by atoms with Gasteiger partial charge in [-0.1, -0.05) is 22.0 Å². The first kappa shape index (κ1) is 12.4. The predicted octanol–water partition coefficient (Wildman–Crippen LogP) is 5.18. The fourth-order valence-corrected chi connectivity index (χ4v) is 3.30. The molecule has 1 fully saturated rings. The molecule has 2 aliphatic carbocycles. The summed E-state index contributed by atoms with van der Waals surface area (Å²) in [4.78, 5) is 11.5. The summed E-state index contributed by atoms with van der Waals surface area (Å²) < 4.78 is 0.992. The topological polar surface area (TPSA) is 17.1 Å². The summed E-state index contributed by atoms with van der Waals surface area (Å²) >= 11 is 9.13. The molecule has 1 saturated carbocycles. The Morgan fingerprint density at radius 3 is 2.61 bits per heavy atom. The van der Waals surface area contributed by atoms with Crippen molar-refractivity contribution >= 4 is 38.3 Å². The van der Waals surface area contributed by atoms with Gasteiger partial charge in [-0.15, -0.1) is 0 Å². The van der Waals surface area contributed by atoms with Crippen LogP contribution in [0.15, 0.2) is 28.7 Å². The summed E-state index contributed by atoms with van der Waals surface area (Å²) in [5, 5.41) is -0.370. The summed E-state index contributed by atoms with van der Waals surface area (Å²) in [6.45, 7) is 0. The lowest BCUT2D eigenvalue weighted by Crippen LogP contribution is -2.07. The third-order valence-electron chi connectivity index (χ3n) is 4.20. The van der Waals surface area contributed by atoms with Gasteiger partial charge in [-0.25, -0.2) is 0 Å². The molecule has 18 heavy (non-hydrogen) atoms. The minimum absolute atomic E-state index is 0.370. The molecule has 1 nitrogen and oxygen atoms in total. The molecule has 0 aromatic heterocycles. The van der Waals surface area contributed by atoms with E-state index in [4.69, 9.17) is 11.6 Å². The van der Waals surface area contributed by atoms with Gasteiger partial charge >= 0.3 is 0 Å². The summed E-state index contributed by atoms with van der Waals surface area (Å²) in [6.07, 6.45) is 8.52. The number of benzene rings is 1. The van der Waals surface area contributed by atoms with E-state index < -0.39 is 0 Å². The Hall–Kier alpha value is -0.600. The Labute approximate surface area is 120 Å². The minimum atomic E-state index is -0.370. The standard InChI is InChI=1S/C15H14BrClO/c16-11-1-2-12(14(17)18)13(9-11)10-3-5-15(6-4-10)7-8-15/h1-3,9H,4-8H2.